The van der Waals surface area contributed by atoms with Crippen molar-refractivity contribution < 1.29 is 23.5 Å². The number of ether oxygens (including phenoxy) is 2. The largest absolute Gasteiger partial charge is 0.465 e. The molecule has 0 aliphatic heterocycles. The van der Waals surface area contributed by atoms with Crippen LogP contribution in [0.3, 0.4) is 0 Å². The van der Waals surface area contributed by atoms with E-state index in [1.165, 1.54) is 11.8 Å². The molecule has 1 aromatic rings. The molecule has 0 atom stereocenters. The van der Waals surface area contributed by atoms with Crippen molar-refractivity contribution in [3.05, 3.63) is 23.2 Å². The van der Waals surface area contributed by atoms with E-state index in [0.29, 0.717) is 36.1 Å². The molecule has 5 nitrogen and oxygen atoms in total. The first kappa shape index (κ1) is 15.6. The first-order valence-electron chi connectivity index (χ1n) is 6.08. The first-order valence-corrected chi connectivity index (χ1v) is 7.23. The monoisotopic (exact) mass is 286 g/mol. The zero-order chi connectivity index (χ0) is 14.3. The molecule has 19 heavy (non-hydrogen) atoms. The normalized spacial score (nSPS) is 10.3. The average Bonchev–Trinajstić information content (AvgIpc) is 2.71. The summed E-state index contributed by atoms with van der Waals surface area (Å²) in [5.41, 5.74) is 0.427. The quantitative estimate of drug-likeness (QED) is 0.718. The molecule has 1 rings (SSSR count). The molecule has 106 valence electrons. The Labute approximate surface area is 116 Å². The van der Waals surface area contributed by atoms with Crippen LogP contribution >= 0.6 is 11.8 Å². The van der Waals surface area contributed by atoms with E-state index in [0.717, 1.165) is 0 Å². The summed E-state index contributed by atoms with van der Waals surface area (Å²) in [5, 5.41) is 0. The van der Waals surface area contributed by atoms with Gasteiger partial charge in [0.25, 0.3) is 0 Å². The van der Waals surface area contributed by atoms with Crippen LogP contribution in [0.15, 0.2) is 10.5 Å². The van der Waals surface area contributed by atoms with Crippen molar-refractivity contribution in [2.45, 2.75) is 26.5 Å². The topological polar surface area (TPSA) is 65.7 Å². The van der Waals surface area contributed by atoms with E-state index in [4.69, 9.17) is 13.9 Å². The van der Waals surface area contributed by atoms with Gasteiger partial charge in [0.1, 0.15) is 17.1 Å². The maximum atomic E-state index is 11.7. The summed E-state index contributed by atoms with van der Waals surface area (Å²) in [6.07, 6.45) is 0. The SMILES string of the molecule is CCOC(=O)CSCc1oc(C)cc1C(=O)OCC. The van der Waals surface area contributed by atoms with E-state index >= 15 is 0 Å². The Hall–Kier alpha value is -1.43. The molecule has 0 aliphatic rings. The molecule has 0 aliphatic carbocycles. The lowest BCUT2D eigenvalue weighted by Crippen LogP contribution is -2.08. The highest BCUT2D eigenvalue weighted by atomic mass is 32.2. The third kappa shape index (κ3) is 4.98. The molecular formula is C13H18O5S. The van der Waals surface area contributed by atoms with Gasteiger partial charge >= 0.3 is 11.9 Å². The molecule has 0 fully saturated rings. The highest BCUT2D eigenvalue weighted by Gasteiger charge is 2.18. The van der Waals surface area contributed by atoms with Gasteiger partial charge in [-0.3, -0.25) is 4.79 Å². The molecule has 0 saturated carbocycles. The van der Waals surface area contributed by atoms with Crippen LogP contribution in [0.5, 0.6) is 0 Å². The Balaban J connectivity index is 2.58. The summed E-state index contributed by atoms with van der Waals surface area (Å²) >= 11 is 1.34. The maximum absolute atomic E-state index is 11.7. The zero-order valence-corrected chi connectivity index (χ0v) is 12.2. The lowest BCUT2D eigenvalue weighted by atomic mass is 10.2. The Kier molecular flexibility index (Phi) is 6.49. The minimum Gasteiger partial charge on any atom is -0.465 e. The molecule has 0 unspecified atom stereocenters. The van der Waals surface area contributed by atoms with Crippen molar-refractivity contribution in [2.24, 2.45) is 0 Å². The molecule has 1 aromatic heterocycles. The third-order valence-corrected chi connectivity index (χ3v) is 3.09. The molecule has 0 spiro atoms. The van der Waals surface area contributed by atoms with E-state index in [1.54, 1.807) is 26.8 Å². The molecule has 0 aromatic carbocycles. The Morgan fingerprint density at radius 3 is 2.58 bits per heavy atom. The van der Waals surface area contributed by atoms with Crippen LogP contribution in [-0.2, 0) is 20.0 Å². The van der Waals surface area contributed by atoms with E-state index < -0.39 is 5.97 Å². The van der Waals surface area contributed by atoms with Gasteiger partial charge in [-0.1, -0.05) is 0 Å². The van der Waals surface area contributed by atoms with Gasteiger partial charge in [0, 0.05) is 0 Å². The number of carbonyl (C=O) groups excluding carboxylic acids is 2. The summed E-state index contributed by atoms with van der Waals surface area (Å²) in [4.78, 5) is 22.9. The molecule has 1 heterocycles. The smallest absolute Gasteiger partial charge is 0.341 e. The molecule has 6 heteroatoms. The number of thioether (sulfide) groups is 1. The fourth-order valence-electron chi connectivity index (χ4n) is 1.48. The highest BCUT2D eigenvalue weighted by Crippen LogP contribution is 2.21. The Morgan fingerprint density at radius 1 is 1.26 bits per heavy atom. The minimum atomic E-state index is -0.397. The first-order chi connectivity index (χ1) is 9.08. The summed E-state index contributed by atoms with van der Waals surface area (Å²) < 4.78 is 15.2. The number of esters is 2. The highest BCUT2D eigenvalue weighted by molar-refractivity contribution is 7.99. The van der Waals surface area contributed by atoms with E-state index in [-0.39, 0.29) is 11.7 Å². The van der Waals surface area contributed by atoms with Crippen molar-refractivity contribution in [2.75, 3.05) is 19.0 Å². The minimum absolute atomic E-state index is 0.232. The van der Waals surface area contributed by atoms with Gasteiger partial charge in [-0.25, -0.2) is 4.79 Å². The van der Waals surface area contributed by atoms with Crippen LogP contribution in [0.2, 0.25) is 0 Å². The fraction of sp³-hybridized carbons (Fsp3) is 0.538. The maximum Gasteiger partial charge on any atom is 0.341 e. The summed E-state index contributed by atoms with van der Waals surface area (Å²) in [6, 6.07) is 1.65. The van der Waals surface area contributed by atoms with Crippen LogP contribution < -0.4 is 0 Å². The van der Waals surface area contributed by atoms with Crippen molar-refractivity contribution in [1.29, 1.82) is 0 Å². The zero-order valence-electron chi connectivity index (χ0n) is 11.4. The van der Waals surface area contributed by atoms with Gasteiger partial charge < -0.3 is 13.9 Å². The number of hydrogen-bond acceptors (Lipinski definition) is 6. The van der Waals surface area contributed by atoms with Crippen molar-refractivity contribution in [3.63, 3.8) is 0 Å². The van der Waals surface area contributed by atoms with E-state index in [2.05, 4.69) is 0 Å². The summed E-state index contributed by atoms with van der Waals surface area (Å²) in [7, 11) is 0. The Bertz CT molecular complexity index is 438. The number of hydrogen-bond donors (Lipinski definition) is 0. The second kappa shape index (κ2) is 7.89. The van der Waals surface area contributed by atoms with Gasteiger partial charge in [-0.2, -0.15) is 0 Å². The van der Waals surface area contributed by atoms with Gasteiger partial charge in [0.05, 0.1) is 24.7 Å². The third-order valence-electron chi connectivity index (χ3n) is 2.19. The van der Waals surface area contributed by atoms with Gasteiger partial charge in [0.2, 0.25) is 0 Å². The standard InChI is InChI=1S/C13H18O5S/c1-4-16-12(14)8-19-7-11-10(6-9(3)18-11)13(15)17-5-2/h6H,4-5,7-8H2,1-3H3. The van der Waals surface area contributed by atoms with Crippen LogP contribution in [0.4, 0.5) is 0 Å². The van der Waals surface area contributed by atoms with Crippen molar-refractivity contribution in [3.8, 4) is 0 Å². The predicted octanol–water partition coefficient (Wildman–Crippen LogP) is 2.56. The lowest BCUT2D eigenvalue weighted by molar-refractivity contribution is -0.139. The summed E-state index contributed by atoms with van der Waals surface area (Å²) in [5.74, 6) is 1.18. The molecule has 0 radical (unpaired) electrons. The van der Waals surface area contributed by atoms with Crippen LogP contribution in [0.25, 0.3) is 0 Å². The molecule has 0 saturated heterocycles. The number of rotatable bonds is 7. The summed E-state index contributed by atoms with van der Waals surface area (Å²) in [6.45, 7) is 5.96. The van der Waals surface area contributed by atoms with Crippen molar-refractivity contribution in [1.82, 2.24) is 0 Å². The number of furan rings is 1. The Morgan fingerprint density at radius 2 is 1.95 bits per heavy atom. The second-order valence-electron chi connectivity index (χ2n) is 3.71. The fourth-order valence-corrected chi connectivity index (χ4v) is 2.23. The van der Waals surface area contributed by atoms with Gasteiger partial charge in [0.15, 0.2) is 0 Å². The van der Waals surface area contributed by atoms with Gasteiger partial charge in [-0.05, 0) is 26.8 Å². The molecule has 0 bridgehead atoms. The van der Waals surface area contributed by atoms with E-state index in [9.17, 15) is 9.59 Å². The molecular weight excluding hydrogens is 268 g/mol. The number of carbonyl (C=O) groups is 2. The second-order valence-corrected chi connectivity index (χ2v) is 4.70. The number of aryl methyl sites for hydroxylation is 1. The van der Waals surface area contributed by atoms with Crippen LogP contribution in [-0.4, -0.2) is 30.9 Å². The molecule has 0 N–H and O–H groups in total. The average molecular weight is 286 g/mol. The van der Waals surface area contributed by atoms with Crippen LogP contribution in [0, 0.1) is 6.92 Å². The van der Waals surface area contributed by atoms with Gasteiger partial charge in [-0.15, -0.1) is 11.8 Å². The van der Waals surface area contributed by atoms with E-state index in [1.807, 2.05) is 0 Å². The molecule has 0 amide bonds. The van der Waals surface area contributed by atoms with Crippen LogP contribution in [0.1, 0.15) is 35.7 Å². The van der Waals surface area contributed by atoms with Crippen molar-refractivity contribution >= 4 is 23.7 Å². The predicted molar refractivity (Wildman–Crippen MR) is 72.2 cm³/mol. The lowest BCUT2D eigenvalue weighted by Gasteiger charge is -2.03.